The summed E-state index contributed by atoms with van der Waals surface area (Å²) < 4.78 is 16.6. The minimum Gasteiger partial charge on any atom is -0.497 e. The number of carbonyl (C=O) groups is 2. The average molecular weight is 482 g/mol. The molecule has 8 heteroatoms. The third-order valence-electron chi connectivity index (χ3n) is 6.96. The fourth-order valence-corrected chi connectivity index (χ4v) is 4.84. The van der Waals surface area contributed by atoms with Crippen LogP contribution in [0.2, 0.25) is 0 Å². The van der Waals surface area contributed by atoms with Crippen molar-refractivity contribution in [3.8, 4) is 17.2 Å². The lowest BCUT2D eigenvalue weighted by molar-refractivity contribution is -0.121. The van der Waals surface area contributed by atoms with Crippen LogP contribution in [0.4, 0.5) is 5.82 Å². The molecule has 1 saturated heterocycles. The van der Waals surface area contributed by atoms with Crippen molar-refractivity contribution in [3.63, 3.8) is 0 Å². The van der Waals surface area contributed by atoms with E-state index < -0.39 is 0 Å². The van der Waals surface area contributed by atoms with Crippen LogP contribution in [0.15, 0.2) is 36.5 Å². The first-order chi connectivity index (χ1) is 17.1. The molecule has 2 heterocycles. The van der Waals surface area contributed by atoms with Crippen molar-refractivity contribution in [2.45, 2.75) is 44.9 Å². The van der Waals surface area contributed by atoms with Crippen LogP contribution in [0.3, 0.4) is 0 Å². The number of pyridine rings is 1. The van der Waals surface area contributed by atoms with Gasteiger partial charge in [-0.25, -0.2) is 4.98 Å². The van der Waals surface area contributed by atoms with Gasteiger partial charge in [-0.15, -0.1) is 0 Å². The number of likely N-dealkylation sites (tertiary alicyclic amines) is 1. The molecule has 2 fully saturated rings. The molecule has 2 aliphatic rings. The Morgan fingerprint density at radius 2 is 1.69 bits per heavy atom. The molecule has 0 unspecified atom stereocenters. The number of aromatic nitrogens is 1. The number of hydrogen-bond donors (Lipinski definition) is 1. The number of anilines is 1. The smallest absolute Gasteiger partial charge is 0.254 e. The number of amides is 2. The molecule has 1 N–H and O–H groups in total. The SMILES string of the molecule is COc1cc(OC)cc(C(=O)N2CCC(C(=O)Nc3ncccc3OCC3CCCCC3)CC2)c1. The van der Waals surface area contributed by atoms with E-state index in [1.54, 1.807) is 43.5 Å². The van der Waals surface area contributed by atoms with Crippen LogP contribution in [-0.4, -0.2) is 55.6 Å². The van der Waals surface area contributed by atoms with Gasteiger partial charge < -0.3 is 24.4 Å². The lowest BCUT2D eigenvalue weighted by Gasteiger charge is -2.31. The van der Waals surface area contributed by atoms with Gasteiger partial charge in [-0.2, -0.15) is 0 Å². The zero-order chi connectivity index (χ0) is 24.6. The number of carbonyl (C=O) groups excluding carboxylic acids is 2. The van der Waals surface area contributed by atoms with E-state index in [9.17, 15) is 9.59 Å². The van der Waals surface area contributed by atoms with E-state index in [0.29, 0.717) is 67.1 Å². The maximum atomic E-state index is 13.0. The molecule has 2 amide bonds. The minimum absolute atomic E-state index is 0.0821. The summed E-state index contributed by atoms with van der Waals surface area (Å²) in [6.45, 7) is 1.66. The zero-order valence-corrected chi connectivity index (χ0v) is 20.6. The molecule has 1 aliphatic carbocycles. The van der Waals surface area contributed by atoms with E-state index in [1.165, 1.54) is 32.1 Å². The first-order valence-corrected chi connectivity index (χ1v) is 12.5. The molecule has 188 valence electrons. The van der Waals surface area contributed by atoms with Crippen LogP contribution in [0.5, 0.6) is 17.2 Å². The minimum atomic E-state index is -0.188. The van der Waals surface area contributed by atoms with E-state index in [0.717, 1.165) is 0 Å². The maximum absolute atomic E-state index is 13.0. The Hall–Kier alpha value is -3.29. The predicted molar refractivity (Wildman–Crippen MR) is 133 cm³/mol. The van der Waals surface area contributed by atoms with Crippen molar-refractivity contribution in [1.29, 1.82) is 0 Å². The summed E-state index contributed by atoms with van der Waals surface area (Å²) in [6.07, 6.45) is 9.06. The van der Waals surface area contributed by atoms with Crippen LogP contribution in [0, 0.1) is 11.8 Å². The summed E-state index contributed by atoms with van der Waals surface area (Å²) in [5.41, 5.74) is 0.511. The number of hydrogen-bond acceptors (Lipinski definition) is 6. The van der Waals surface area contributed by atoms with Crippen molar-refractivity contribution in [2.75, 3.05) is 39.2 Å². The van der Waals surface area contributed by atoms with Gasteiger partial charge in [0, 0.05) is 36.8 Å². The molecule has 1 aromatic heterocycles. The quantitative estimate of drug-likeness (QED) is 0.595. The van der Waals surface area contributed by atoms with E-state index in [4.69, 9.17) is 14.2 Å². The Kier molecular flexibility index (Phi) is 8.45. The van der Waals surface area contributed by atoms with Crippen molar-refractivity contribution in [1.82, 2.24) is 9.88 Å². The van der Waals surface area contributed by atoms with Crippen LogP contribution < -0.4 is 19.5 Å². The highest BCUT2D eigenvalue weighted by Crippen LogP contribution is 2.29. The predicted octanol–water partition coefficient (Wildman–Crippen LogP) is 4.55. The molecule has 0 radical (unpaired) electrons. The van der Waals surface area contributed by atoms with Crippen molar-refractivity contribution in [3.05, 3.63) is 42.1 Å². The number of piperidine rings is 1. The Balaban J connectivity index is 1.31. The van der Waals surface area contributed by atoms with Crippen molar-refractivity contribution in [2.24, 2.45) is 11.8 Å². The van der Waals surface area contributed by atoms with Gasteiger partial charge in [-0.05, 0) is 55.9 Å². The summed E-state index contributed by atoms with van der Waals surface area (Å²) in [6, 6.07) is 8.83. The third-order valence-corrected chi connectivity index (χ3v) is 6.96. The molecule has 8 nitrogen and oxygen atoms in total. The lowest BCUT2D eigenvalue weighted by atomic mass is 9.90. The molecular weight excluding hydrogens is 446 g/mol. The standard InChI is InChI=1S/C27H35N3O5/c1-33-22-15-21(16-23(17-22)34-2)27(32)30-13-10-20(11-14-30)26(31)29-25-24(9-6-12-28-25)35-18-19-7-4-3-5-8-19/h6,9,12,15-17,19-20H,3-5,7-8,10-11,13-14,18H2,1-2H3,(H,28,29,31). The van der Waals surface area contributed by atoms with Crippen LogP contribution in [-0.2, 0) is 4.79 Å². The van der Waals surface area contributed by atoms with Gasteiger partial charge in [0.1, 0.15) is 11.5 Å². The van der Waals surface area contributed by atoms with Gasteiger partial charge >= 0.3 is 0 Å². The van der Waals surface area contributed by atoms with Crippen LogP contribution >= 0.6 is 0 Å². The Bertz CT molecular complexity index is 991. The second kappa shape index (κ2) is 11.9. The van der Waals surface area contributed by atoms with Crippen molar-refractivity contribution < 1.29 is 23.8 Å². The molecular formula is C27H35N3O5. The van der Waals surface area contributed by atoms with Gasteiger partial charge in [0.15, 0.2) is 11.6 Å². The van der Waals surface area contributed by atoms with Gasteiger partial charge in [-0.1, -0.05) is 19.3 Å². The summed E-state index contributed by atoms with van der Waals surface area (Å²) in [5, 5.41) is 2.96. The van der Waals surface area contributed by atoms with Gasteiger partial charge in [0.05, 0.1) is 20.8 Å². The zero-order valence-electron chi connectivity index (χ0n) is 20.6. The number of rotatable bonds is 8. The molecule has 35 heavy (non-hydrogen) atoms. The highest BCUT2D eigenvalue weighted by atomic mass is 16.5. The topological polar surface area (TPSA) is 90.0 Å². The van der Waals surface area contributed by atoms with E-state index in [-0.39, 0.29) is 17.7 Å². The van der Waals surface area contributed by atoms with Gasteiger partial charge in [0.25, 0.3) is 5.91 Å². The second-order valence-electron chi connectivity index (χ2n) is 9.32. The van der Waals surface area contributed by atoms with E-state index in [1.807, 2.05) is 12.1 Å². The third kappa shape index (κ3) is 6.44. The summed E-state index contributed by atoms with van der Waals surface area (Å²) in [7, 11) is 3.11. The largest absolute Gasteiger partial charge is 0.497 e. The molecule has 1 aromatic carbocycles. The highest BCUT2D eigenvalue weighted by Gasteiger charge is 2.29. The Morgan fingerprint density at radius 3 is 2.34 bits per heavy atom. The molecule has 0 bridgehead atoms. The molecule has 2 aromatic rings. The fourth-order valence-electron chi connectivity index (χ4n) is 4.84. The van der Waals surface area contributed by atoms with Crippen LogP contribution in [0.25, 0.3) is 0 Å². The molecule has 0 spiro atoms. The maximum Gasteiger partial charge on any atom is 0.254 e. The summed E-state index contributed by atoms with van der Waals surface area (Å²) in [4.78, 5) is 32.2. The van der Waals surface area contributed by atoms with Crippen molar-refractivity contribution >= 4 is 17.6 Å². The number of ether oxygens (including phenoxy) is 3. The van der Waals surface area contributed by atoms with E-state index in [2.05, 4.69) is 10.3 Å². The molecule has 1 saturated carbocycles. The first kappa shape index (κ1) is 24.8. The van der Waals surface area contributed by atoms with Gasteiger partial charge in [-0.3, -0.25) is 9.59 Å². The average Bonchev–Trinajstić information content (AvgIpc) is 2.92. The number of nitrogens with zero attached hydrogens (tertiary/aromatic N) is 2. The lowest BCUT2D eigenvalue weighted by Crippen LogP contribution is -2.41. The Morgan fingerprint density at radius 1 is 1.00 bits per heavy atom. The molecule has 1 aliphatic heterocycles. The monoisotopic (exact) mass is 481 g/mol. The van der Waals surface area contributed by atoms with Gasteiger partial charge in [0.2, 0.25) is 5.91 Å². The molecule has 4 rings (SSSR count). The normalized spacial score (nSPS) is 17.0. The second-order valence-corrected chi connectivity index (χ2v) is 9.32. The highest BCUT2D eigenvalue weighted by molar-refractivity contribution is 5.96. The Labute approximate surface area is 207 Å². The summed E-state index contributed by atoms with van der Waals surface area (Å²) in [5.74, 6) is 2.43. The van der Waals surface area contributed by atoms with E-state index >= 15 is 0 Å². The summed E-state index contributed by atoms with van der Waals surface area (Å²) >= 11 is 0. The first-order valence-electron chi connectivity index (χ1n) is 12.5. The molecule has 0 atom stereocenters. The fraction of sp³-hybridized carbons (Fsp3) is 0.519. The number of benzene rings is 1. The number of methoxy groups -OCH3 is 2. The van der Waals surface area contributed by atoms with Crippen LogP contribution in [0.1, 0.15) is 55.3 Å². The number of nitrogens with one attached hydrogen (secondary N) is 1.